The zero-order chi connectivity index (χ0) is 19.2. The van der Waals surface area contributed by atoms with Crippen LogP contribution in [0.4, 0.5) is 24.5 Å². The summed E-state index contributed by atoms with van der Waals surface area (Å²) in [7, 11) is 0. The van der Waals surface area contributed by atoms with Crippen molar-refractivity contribution >= 4 is 23.3 Å². The minimum absolute atomic E-state index is 0.00816. The van der Waals surface area contributed by atoms with Crippen molar-refractivity contribution in [3.8, 4) is 0 Å². The number of halogens is 3. The Morgan fingerprint density at radius 3 is 2.62 bits per heavy atom. The molecule has 1 aliphatic rings. The van der Waals surface area contributed by atoms with Crippen molar-refractivity contribution in [1.82, 2.24) is 0 Å². The number of carbonyl (C=O) groups is 2. The molecule has 1 aromatic carbocycles. The van der Waals surface area contributed by atoms with E-state index in [1.165, 1.54) is 12.1 Å². The van der Waals surface area contributed by atoms with Gasteiger partial charge < -0.3 is 19.7 Å². The van der Waals surface area contributed by atoms with Crippen LogP contribution in [0.5, 0.6) is 0 Å². The summed E-state index contributed by atoms with van der Waals surface area (Å²) in [5, 5.41) is 2.40. The summed E-state index contributed by atoms with van der Waals surface area (Å²) in [5.74, 6) is -1.43. The van der Waals surface area contributed by atoms with Gasteiger partial charge in [-0.3, -0.25) is 4.79 Å². The lowest BCUT2D eigenvalue weighted by molar-refractivity contribution is -0.142. The average Bonchev–Trinajstić information content (AvgIpc) is 2.60. The molecule has 1 fully saturated rings. The SMILES string of the molecule is C/C=C/C(=O)OCC(=O)Nc1cc(C(F)(F)F)ccc1N1CCOCC1. The first-order valence-corrected chi connectivity index (χ1v) is 7.94. The standard InChI is InChI=1S/C17H19F3N2O4/c1-2-3-16(24)26-11-15(23)21-13-10-12(17(18,19)20)4-5-14(13)22-6-8-25-9-7-22/h2-5,10H,6-9,11H2,1H3,(H,21,23)/b3-2+. The highest BCUT2D eigenvalue weighted by atomic mass is 19.4. The van der Waals surface area contributed by atoms with E-state index in [9.17, 15) is 22.8 Å². The highest BCUT2D eigenvalue weighted by molar-refractivity contribution is 5.96. The number of carbonyl (C=O) groups excluding carboxylic acids is 2. The van der Waals surface area contributed by atoms with E-state index in [0.29, 0.717) is 32.0 Å². The fourth-order valence-electron chi connectivity index (χ4n) is 2.40. The van der Waals surface area contributed by atoms with Crippen LogP contribution < -0.4 is 10.2 Å². The second-order valence-electron chi connectivity index (χ2n) is 5.48. The summed E-state index contributed by atoms with van der Waals surface area (Å²) in [6, 6.07) is 3.15. The van der Waals surface area contributed by atoms with Crippen LogP contribution in [0.2, 0.25) is 0 Å². The summed E-state index contributed by atoms with van der Waals surface area (Å²) in [4.78, 5) is 25.0. The van der Waals surface area contributed by atoms with Gasteiger partial charge in [0.05, 0.1) is 30.2 Å². The fourth-order valence-corrected chi connectivity index (χ4v) is 2.40. The van der Waals surface area contributed by atoms with Gasteiger partial charge in [0.1, 0.15) is 0 Å². The van der Waals surface area contributed by atoms with Gasteiger partial charge in [0.25, 0.3) is 5.91 Å². The number of esters is 1. The van der Waals surface area contributed by atoms with E-state index < -0.39 is 30.2 Å². The van der Waals surface area contributed by atoms with Crippen molar-refractivity contribution in [3.63, 3.8) is 0 Å². The maximum absolute atomic E-state index is 13.0. The molecule has 1 saturated heterocycles. The Morgan fingerprint density at radius 2 is 2.00 bits per heavy atom. The molecular formula is C17H19F3N2O4. The van der Waals surface area contributed by atoms with Crippen LogP contribution in [0.3, 0.4) is 0 Å². The van der Waals surface area contributed by atoms with Gasteiger partial charge in [0.15, 0.2) is 6.61 Å². The van der Waals surface area contributed by atoms with Crippen molar-refractivity contribution in [1.29, 1.82) is 0 Å². The third-order valence-electron chi connectivity index (χ3n) is 3.60. The molecule has 1 N–H and O–H groups in total. The van der Waals surface area contributed by atoms with Gasteiger partial charge in [0.2, 0.25) is 0 Å². The lowest BCUT2D eigenvalue weighted by atomic mass is 10.1. The van der Waals surface area contributed by atoms with E-state index in [0.717, 1.165) is 18.2 Å². The number of nitrogens with one attached hydrogen (secondary N) is 1. The Morgan fingerprint density at radius 1 is 1.31 bits per heavy atom. The molecular weight excluding hydrogens is 353 g/mol. The van der Waals surface area contributed by atoms with Crippen LogP contribution in [-0.4, -0.2) is 44.8 Å². The number of benzene rings is 1. The van der Waals surface area contributed by atoms with Gasteiger partial charge in [-0.15, -0.1) is 0 Å². The zero-order valence-electron chi connectivity index (χ0n) is 14.1. The predicted molar refractivity (Wildman–Crippen MR) is 88.9 cm³/mol. The first-order chi connectivity index (χ1) is 12.3. The van der Waals surface area contributed by atoms with E-state index in [1.54, 1.807) is 6.92 Å². The van der Waals surface area contributed by atoms with Crippen molar-refractivity contribution in [2.45, 2.75) is 13.1 Å². The van der Waals surface area contributed by atoms with E-state index in [2.05, 4.69) is 5.32 Å². The van der Waals surface area contributed by atoms with Gasteiger partial charge in [-0.05, 0) is 25.1 Å². The summed E-state index contributed by atoms with van der Waals surface area (Å²) in [5.41, 5.74) is -0.418. The Balaban J connectivity index is 2.19. The van der Waals surface area contributed by atoms with Gasteiger partial charge in [0, 0.05) is 19.2 Å². The largest absolute Gasteiger partial charge is 0.452 e. The third kappa shape index (κ3) is 5.48. The maximum atomic E-state index is 13.0. The second kappa shape index (κ2) is 8.70. The van der Waals surface area contributed by atoms with Gasteiger partial charge >= 0.3 is 12.1 Å². The molecule has 0 spiro atoms. The minimum Gasteiger partial charge on any atom is -0.452 e. The number of allylic oxidation sites excluding steroid dienone is 1. The molecule has 6 nitrogen and oxygen atoms in total. The molecule has 142 valence electrons. The van der Waals surface area contributed by atoms with Crippen LogP contribution in [0.25, 0.3) is 0 Å². The monoisotopic (exact) mass is 372 g/mol. The van der Waals surface area contributed by atoms with Crippen molar-refractivity contribution in [2.24, 2.45) is 0 Å². The normalized spacial score (nSPS) is 15.2. The number of morpholine rings is 1. The lowest BCUT2D eigenvalue weighted by Gasteiger charge is -2.31. The fraction of sp³-hybridized carbons (Fsp3) is 0.412. The molecule has 1 aromatic rings. The summed E-state index contributed by atoms with van der Waals surface area (Å²) < 4.78 is 48.9. The van der Waals surface area contributed by atoms with Crippen molar-refractivity contribution in [2.75, 3.05) is 43.1 Å². The van der Waals surface area contributed by atoms with Crippen LogP contribution in [0.15, 0.2) is 30.4 Å². The van der Waals surface area contributed by atoms with E-state index in [1.807, 2.05) is 4.90 Å². The molecule has 2 rings (SSSR count). The third-order valence-corrected chi connectivity index (χ3v) is 3.60. The van der Waals surface area contributed by atoms with Gasteiger partial charge in [-0.25, -0.2) is 4.79 Å². The molecule has 0 atom stereocenters. The number of ether oxygens (including phenoxy) is 2. The van der Waals surface area contributed by atoms with E-state index in [4.69, 9.17) is 9.47 Å². The minimum atomic E-state index is -4.54. The van der Waals surface area contributed by atoms with Crippen molar-refractivity contribution < 1.29 is 32.2 Å². The Labute approximate surface area is 148 Å². The van der Waals surface area contributed by atoms with Gasteiger partial charge in [-0.2, -0.15) is 13.2 Å². The number of rotatable bonds is 5. The molecule has 0 saturated carbocycles. The molecule has 0 radical (unpaired) electrons. The molecule has 0 aliphatic carbocycles. The number of nitrogens with zero attached hydrogens (tertiary/aromatic N) is 1. The molecule has 1 aliphatic heterocycles. The highest BCUT2D eigenvalue weighted by Gasteiger charge is 2.32. The lowest BCUT2D eigenvalue weighted by Crippen LogP contribution is -2.37. The summed E-state index contributed by atoms with van der Waals surface area (Å²) in [6.45, 7) is 2.88. The number of hydrogen-bond donors (Lipinski definition) is 1. The molecule has 26 heavy (non-hydrogen) atoms. The highest BCUT2D eigenvalue weighted by Crippen LogP contribution is 2.35. The van der Waals surface area contributed by atoms with E-state index in [-0.39, 0.29) is 5.69 Å². The van der Waals surface area contributed by atoms with Crippen LogP contribution in [0.1, 0.15) is 12.5 Å². The summed E-state index contributed by atoms with van der Waals surface area (Å²) >= 11 is 0. The molecule has 1 amide bonds. The first kappa shape index (κ1) is 19.8. The quantitative estimate of drug-likeness (QED) is 0.636. The molecule has 0 unspecified atom stereocenters. The number of anilines is 2. The summed E-state index contributed by atoms with van der Waals surface area (Å²) in [6.07, 6.45) is -1.96. The Hall–Kier alpha value is -2.55. The molecule has 9 heteroatoms. The Kier molecular flexibility index (Phi) is 6.62. The predicted octanol–water partition coefficient (Wildman–Crippen LogP) is 2.60. The number of hydrogen-bond acceptors (Lipinski definition) is 5. The first-order valence-electron chi connectivity index (χ1n) is 7.94. The van der Waals surface area contributed by atoms with Crippen LogP contribution >= 0.6 is 0 Å². The van der Waals surface area contributed by atoms with Crippen LogP contribution in [-0.2, 0) is 25.2 Å². The molecule has 0 aromatic heterocycles. The molecule has 0 bridgehead atoms. The van der Waals surface area contributed by atoms with Crippen LogP contribution in [0, 0.1) is 0 Å². The number of alkyl halides is 3. The second-order valence-corrected chi connectivity index (χ2v) is 5.48. The topological polar surface area (TPSA) is 67.9 Å². The maximum Gasteiger partial charge on any atom is 0.416 e. The van der Waals surface area contributed by atoms with E-state index >= 15 is 0 Å². The zero-order valence-corrected chi connectivity index (χ0v) is 14.1. The Bertz CT molecular complexity index is 683. The van der Waals surface area contributed by atoms with Gasteiger partial charge in [-0.1, -0.05) is 6.08 Å². The van der Waals surface area contributed by atoms with Crippen molar-refractivity contribution in [3.05, 3.63) is 35.9 Å². The molecule has 1 heterocycles. The average molecular weight is 372 g/mol. The smallest absolute Gasteiger partial charge is 0.416 e. The number of amides is 1.